The summed E-state index contributed by atoms with van der Waals surface area (Å²) in [6.07, 6.45) is 1.41. The third-order valence-electron chi connectivity index (χ3n) is 1.67. The zero-order valence-corrected chi connectivity index (χ0v) is 10.3. The van der Waals surface area contributed by atoms with Crippen molar-refractivity contribution in [1.29, 1.82) is 0 Å². The van der Waals surface area contributed by atoms with Crippen molar-refractivity contribution in [1.82, 2.24) is 0 Å². The van der Waals surface area contributed by atoms with Crippen molar-refractivity contribution in [3.05, 3.63) is 30.3 Å². The Hall–Kier alpha value is 0.478. The van der Waals surface area contributed by atoms with E-state index >= 15 is 0 Å². The molecule has 1 aromatic carbocycles. The summed E-state index contributed by atoms with van der Waals surface area (Å²) in [5.74, 6) is 2.78. The molecule has 0 spiro atoms. The molecule has 0 radical (unpaired) electrons. The molecule has 0 bridgehead atoms. The Bertz CT molecular complexity index is 232. The van der Waals surface area contributed by atoms with Crippen molar-refractivity contribution in [2.45, 2.75) is 6.42 Å². The molecule has 0 unspecified atom stereocenters. The van der Waals surface area contributed by atoms with Gasteiger partial charge in [0.1, 0.15) is 0 Å². The summed E-state index contributed by atoms with van der Waals surface area (Å²) >= 11 is -0.718. The van der Waals surface area contributed by atoms with Gasteiger partial charge in [0.25, 0.3) is 0 Å². The van der Waals surface area contributed by atoms with Gasteiger partial charge in [-0.3, -0.25) is 0 Å². The Morgan fingerprint density at radius 2 is 1.67 bits per heavy atom. The van der Waals surface area contributed by atoms with Gasteiger partial charge in [-0.15, -0.1) is 0 Å². The SMILES string of the molecule is c1ccc([As]2SCCCS2)cc1. The van der Waals surface area contributed by atoms with Crippen LogP contribution in [-0.4, -0.2) is 23.8 Å². The molecular weight excluding hydrogens is 247 g/mol. The molecule has 0 saturated carbocycles. The van der Waals surface area contributed by atoms with Crippen LogP contribution in [0.1, 0.15) is 6.42 Å². The summed E-state index contributed by atoms with van der Waals surface area (Å²) in [5, 5.41) is 0. The fourth-order valence-corrected chi connectivity index (χ4v) is 14.2. The van der Waals surface area contributed by atoms with Gasteiger partial charge >= 0.3 is 85.0 Å². The van der Waals surface area contributed by atoms with Crippen molar-refractivity contribution in [2.24, 2.45) is 0 Å². The Kier molecular flexibility index (Phi) is 3.50. The van der Waals surface area contributed by atoms with E-state index < -0.39 is 12.3 Å². The molecule has 12 heavy (non-hydrogen) atoms. The molecule has 0 aliphatic carbocycles. The summed E-state index contributed by atoms with van der Waals surface area (Å²) in [6, 6.07) is 11.0. The fraction of sp³-hybridized carbons (Fsp3) is 0.333. The van der Waals surface area contributed by atoms with Crippen LogP contribution in [0.3, 0.4) is 0 Å². The molecule has 0 atom stereocenters. The molecule has 1 aromatic rings. The minimum absolute atomic E-state index is 0.718. The molecular formula is C9H11AsS2. The normalized spacial score (nSPS) is 19.3. The number of hydrogen-bond donors (Lipinski definition) is 0. The van der Waals surface area contributed by atoms with Crippen LogP contribution < -0.4 is 4.35 Å². The Labute approximate surface area is 84.7 Å². The molecule has 0 nitrogen and oxygen atoms in total. The van der Waals surface area contributed by atoms with Crippen molar-refractivity contribution >= 4 is 36.7 Å². The van der Waals surface area contributed by atoms with Crippen LogP contribution in [0.4, 0.5) is 0 Å². The summed E-state index contributed by atoms with van der Waals surface area (Å²) in [5.41, 5.74) is 0. The van der Waals surface area contributed by atoms with Crippen LogP contribution >= 0.6 is 20.0 Å². The molecule has 1 fully saturated rings. The summed E-state index contributed by atoms with van der Waals surface area (Å²) in [4.78, 5) is 0. The van der Waals surface area contributed by atoms with Crippen LogP contribution in [0.2, 0.25) is 0 Å². The van der Waals surface area contributed by atoms with E-state index in [1.807, 2.05) is 0 Å². The van der Waals surface area contributed by atoms with Crippen molar-refractivity contribution in [2.75, 3.05) is 11.5 Å². The Morgan fingerprint density at radius 3 is 2.33 bits per heavy atom. The van der Waals surface area contributed by atoms with Crippen molar-refractivity contribution < 1.29 is 0 Å². The second-order valence-corrected chi connectivity index (χ2v) is 14.4. The number of benzene rings is 1. The second kappa shape index (κ2) is 4.64. The Morgan fingerprint density at radius 1 is 1.00 bits per heavy atom. The quantitative estimate of drug-likeness (QED) is 0.709. The maximum atomic E-state index is 2.30. The van der Waals surface area contributed by atoms with E-state index in [-0.39, 0.29) is 0 Å². The van der Waals surface area contributed by atoms with Crippen LogP contribution in [0.25, 0.3) is 0 Å². The average molecular weight is 258 g/mol. The maximum absolute atomic E-state index is 2.30. The molecule has 3 heteroatoms. The Balaban J connectivity index is 2.08. The summed E-state index contributed by atoms with van der Waals surface area (Å²) in [7, 11) is 4.45. The fourth-order valence-electron chi connectivity index (χ4n) is 1.09. The first-order valence-electron chi connectivity index (χ1n) is 4.08. The first-order chi connectivity index (χ1) is 5.97. The third kappa shape index (κ3) is 2.24. The van der Waals surface area contributed by atoms with Crippen LogP contribution in [0, 0.1) is 0 Å². The zero-order chi connectivity index (χ0) is 8.23. The van der Waals surface area contributed by atoms with E-state index in [2.05, 4.69) is 50.4 Å². The molecule has 64 valence electrons. The van der Waals surface area contributed by atoms with Gasteiger partial charge in [-0.2, -0.15) is 0 Å². The molecule has 2 rings (SSSR count). The third-order valence-corrected chi connectivity index (χ3v) is 15.3. The van der Waals surface area contributed by atoms with Crippen LogP contribution in [0.5, 0.6) is 0 Å². The van der Waals surface area contributed by atoms with E-state index in [1.54, 1.807) is 4.35 Å². The zero-order valence-electron chi connectivity index (χ0n) is 6.77. The van der Waals surface area contributed by atoms with Crippen LogP contribution in [0.15, 0.2) is 30.3 Å². The van der Waals surface area contributed by atoms with Crippen molar-refractivity contribution in [3.63, 3.8) is 0 Å². The first kappa shape index (κ1) is 9.05. The molecule has 0 amide bonds. The molecule has 1 saturated heterocycles. The van der Waals surface area contributed by atoms with E-state index in [4.69, 9.17) is 0 Å². The number of rotatable bonds is 1. The van der Waals surface area contributed by atoms with E-state index in [0.29, 0.717) is 0 Å². The molecule has 0 N–H and O–H groups in total. The summed E-state index contributed by atoms with van der Waals surface area (Å²) in [6.45, 7) is 0. The van der Waals surface area contributed by atoms with Gasteiger partial charge in [0.2, 0.25) is 0 Å². The van der Waals surface area contributed by atoms with Gasteiger partial charge < -0.3 is 0 Å². The van der Waals surface area contributed by atoms with Crippen molar-refractivity contribution in [3.8, 4) is 0 Å². The predicted octanol–water partition coefficient (Wildman–Crippen LogP) is 2.25. The standard InChI is InChI=1S/C9H11AsS2/c1-2-5-9(6-3-1)10-11-7-4-8-12-10/h1-3,5-6H,4,7-8H2. The average Bonchev–Trinajstić information content (AvgIpc) is 2.21. The molecule has 1 aliphatic rings. The van der Waals surface area contributed by atoms with Gasteiger partial charge in [-0.25, -0.2) is 0 Å². The monoisotopic (exact) mass is 258 g/mol. The molecule has 0 aromatic heterocycles. The first-order valence-corrected chi connectivity index (χ1v) is 11.5. The van der Waals surface area contributed by atoms with Gasteiger partial charge in [-0.05, 0) is 0 Å². The predicted molar refractivity (Wildman–Crippen MR) is 61.4 cm³/mol. The van der Waals surface area contributed by atoms with Crippen LogP contribution in [-0.2, 0) is 0 Å². The van der Waals surface area contributed by atoms with Gasteiger partial charge in [-0.1, -0.05) is 0 Å². The minimum atomic E-state index is -0.718. The van der Waals surface area contributed by atoms with Gasteiger partial charge in [0.15, 0.2) is 0 Å². The van der Waals surface area contributed by atoms with Gasteiger partial charge in [0.05, 0.1) is 0 Å². The number of hydrogen-bond acceptors (Lipinski definition) is 2. The van der Waals surface area contributed by atoms with E-state index in [0.717, 1.165) is 0 Å². The molecule has 1 aliphatic heterocycles. The molecule has 1 heterocycles. The van der Waals surface area contributed by atoms with Gasteiger partial charge in [0, 0.05) is 0 Å². The summed E-state index contributed by atoms with van der Waals surface area (Å²) < 4.78 is 1.62. The topological polar surface area (TPSA) is 0 Å². The van der Waals surface area contributed by atoms with E-state index in [1.165, 1.54) is 17.9 Å². The second-order valence-electron chi connectivity index (χ2n) is 2.61. The van der Waals surface area contributed by atoms with E-state index in [9.17, 15) is 0 Å².